The molecule has 1 unspecified atom stereocenters. The van der Waals surface area contributed by atoms with Gasteiger partial charge in [0.25, 0.3) is 0 Å². The third kappa shape index (κ3) is 7.87. The Morgan fingerprint density at radius 2 is 1.45 bits per heavy atom. The molecule has 1 rings (SSSR count). The van der Waals surface area contributed by atoms with Crippen LogP contribution in [0.1, 0.15) is 38.5 Å². The third-order valence-corrected chi connectivity index (χ3v) is 3.92. The fraction of sp³-hybridized carbons (Fsp3) is 0.692. The number of nitrogens with one attached hydrogen (secondary N) is 2. The normalized spacial score (nSPS) is 17.7. The van der Waals surface area contributed by atoms with Crippen molar-refractivity contribution in [1.29, 1.82) is 0 Å². The predicted molar refractivity (Wildman–Crippen MR) is 103 cm³/mol. The number of thiocarbonyl (C=S) groups is 2. The molecular formula is C13H21N3O2S4. The number of hydrogen-bond acceptors (Lipinski definition) is 5. The van der Waals surface area contributed by atoms with Gasteiger partial charge in [0.1, 0.15) is 8.64 Å². The largest absolute Gasteiger partial charge is 0.312 e. The molecular weight excluding hydrogens is 358 g/mol. The van der Waals surface area contributed by atoms with Gasteiger partial charge in [0, 0.05) is 0 Å². The van der Waals surface area contributed by atoms with Crippen LogP contribution in [0, 0.1) is 0 Å². The number of amides is 2. The van der Waals surface area contributed by atoms with Crippen molar-refractivity contribution < 1.29 is 9.59 Å². The molecule has 0 bridgehead atoms. The van der Waals surface area contributed by atoms with Crippen molar-refractivity contribution in [2.75, 3.05) is 13.1 Å². The molecule has 22 heavy (non-hydrogen) atoms. The standard InChI is InChI=1S/C13H21N3O2S4/c17-10(14-12(19)20)8-9(11(18)15-13(21)22)16-6-4-2-1-3-5-7-16/h9H,1-8H2,(H2,14,17,19,20)(H2,15,18,21,22). The smallest absolute Gasteiger partial charge is 0.243 e. The van der Waals surface area contributed by atoms with E-state index in [9.17, 15) is 9.59 Å². The SMILES string of the molecule is O=C(CC(C(=O)NC(=S)S)N1CCCCCCC1)NC(=S)S. The molecule has 0 aromatic rings. The van der Waals surface area contributed by atoms with E-state index in [4.69, 9.17) is 24.4 Å². The number of nitrogens with zero attached hydrogens (tertiary/aromatic N) is 1. The molecule has 5 nitrogen and oxygen atoms in total. The minimum atomic E-state index is -0.578. The molecule has 124 valence electrons. The Bertz CT molecular complexity index is 437. The van der Waals surface area contributed by atoms with E-state index in [1.165, 1.54) is 6.42 Å². The van der Waals surface area contributed by atoms with Crippen molar-refractivity contribution in [3.8, 4) is 0 Å². The molecule has 9 heteroatoms. The van der Waals surface area contributed by atoms with E-state index < -0.39 is 6.04 Å². The molecule has 0 aromatic carbocycles. The molecule has 2 N–H and O–H groups in total. The van der Waals surface area contributed by atoms with Gasteiger partial charge in [-0.25, -0.2) is 0 Å². The fourth-order valence-electron chi connectivity index (χ4n) is 2.51. The number of thiol groups is 2. The minimum Gasteiger partial charge on any atom is -0.312 e. The van der Waals surface area contributed by atoms with Crippen molar-refractivity contribution in [2.45, 2.75) is 44.6 Å². The van der Waals surface area contributed by atoms with Crippen LogP contribution < -0.4 is 10.6 Å². The van der Waals surface area contributed by atoms with Crippen LogP contribution in [0.4, 0.5) is 0 Å². The summed E-state index contributed by atoms with van der Waals surface area (Å²) in [7, 11) is 0. The molecule has 0 saturated carbocycles. The number of carbonyl (C=O) groups is 2. The van der Waals surface area contributed by atoms with E-state index in [2.05, 4.69) is 35.9 Å². The average Bonchev–Trinajstić information content (AvgIpc) is 2.34. The highest BCUT2D eigenvalue weighted by atomic mass is 32.1. The summed E-state index contributed by atoms with van der Waals surface area (Å²) in [6.07, 6.45) is 5.55. The van der Waals surface area contributed by atoms with Gasteiger partial charge in [-0.15, -0.1) is 25.3 Å². The zero-order valence-corrected chi connectivity index (χ0v) is 15.6. The lowest BCUT2D eigenvalue weighted by Gasteiger charge is -2.31. The Balaban J connectivity index is 2.78. The maximum absolute atomic E-state index is 12.4. The summed E-state index contributed by atoms with van der Waals surface area (Å²) in [4.78, 5) is 26.3. The number of likely N-dealkylation sites (tertiary alicyclic amines) is 1. The lowest BCUT2D eigenvalue weighted by Crippen LogP contribution is -2.50. The molecule has 2 amide bonds. The van der Waals surface area contributed by atoms with Gasteiger partial charge in [-0.2, -0.15) is 0 Å². The summed E-state index contributed by atoms with van der Waals surface area (Å²) in [5.74, 6) is -0.631. The maximum atomic E-state index is 12.4. The van der Waals surface area contributed by atoms with Crippen LogP contribution in [-0.2, 0) is 9.59 Å². The monoisotopic (exact) mass is 379 g/mol. The molecule has 1 heterocycles. The lowest BCUT2D eigenvalue weighted by molar-refractivity contribution is -0.130. The van der Waals surface area contributed by atoms with Gasteiger partial charge in [0.2, 0.25) is 11.8 Å². The third-order valence-electron chi connectivity index (χ3n) is 3.49. The quantitative estimate of drug-likeness (QED) is 0.442. The summed E-state index contributed by atoms with van der Waals surface area (Å²) in [6.45, 7) is 1.58. The molecule has 1 aliphatic rings. The highest BCUT2D eigenvalue weighted by molar-refractivity contribution is 8.11. The Kier molecular flexibility index (Phi) is 9.49. The van der Waals surface area contributed by atoms with Crippen molar-refractivity contribution in [1.82, 2.24) is 15.5 Å². The van der Waals surface area contributed by atoms with Crippen LogP contribution >= 0.6 is 49.7 Å². The Morgan fingerprint density at radius 1 is 0.955 bits per heavy atom. The molecule has 0 aromatic heterocycles. The molecule has 1 saturated heterocycles. The fourth-order valence-corrected chi connectivity index (χ4v) is 2.96. The van der Waals surface area contributed by atoms with Crippen LogP contribution in [0.3, 0.4) is 0 Å². The first-order valence-corrected chi connectivity index (χ1v) is 8.92. The minimum absolute atomic E-state index is 0.0168. The summed E-state index contributed by atoms with van der Waals surface area (Å²) < 4.78 is 0.203. The van der Waals surface area contributed by atoms with Crippen molar-refractivity contribution in [2.24, 2.45) is 0 Å². The van der Waals surface area contributed by atoms with Crippen molar-refractivity contribution in [3.63, 3.8) is 0 Å². The number of hydrogen-bond donors (Lipinski definition) is 4. The molecule has 0 radical (unpaired) electrons. The van der Waals surface area contributed by atoms with Gasteiger partial charge in [-0.05, 0) is 25.9 Å². The van der Waals surface area contributed by atoms with Crippen LogP contribution in [0.15, 0.2) is 0 Å². The first-order valence-electron chi connectivity index (χ1n) is 7.20. The van der Waals surface area contributed by atoms with E-state index in [-0.39, 0.29) is 26.9 Å². The zero-order chi connectivity index (χ0) is 16.5. The highest BCUT2D eigenvalue weighted by Gasteiger charge is 2.28. The lowest BCUT2D eigenvalue weighted by atomic mass is 10.0. The zero-order valence-electron chi connectivity index (χ0n) is 12.2. The predicted octanol–water partition coefficient (Wildman–Crippen LogP) is 1.67. The van der Waals surface area contributed by atoms with Crippen LogP contribution in [0.25, 0.3) is 0 Å². The maximum Gasteiger partial charge on any atom is 0.243 e. The van der Waals surface area contributed by atoms with Gasteiger partial charge >= 0.3 is 0 Å². The van der Waals surface area contributed by atoms with Gasteiger partial charge in [-0.1, -0.05) is 43.7 Å². The Labute approximate surface area is 152 Å². The van der Waals surface area contributed by atoms with Crippen LogP contribution in [0.5, 0.6) is 0 Å². The highest BCUT2D eigenvalue weighted by Crippen LogP contribution is 2.15. The van der Waals surface area contributed by atoms with Crippen LogP contribution in [0.2, 0.25) is 0 Å². The van der Waals surface area contributed by atoms with E-state index in [0.717, 1.165) is 38.8 Å². The van der Waals surface area contributed by atoms with E-state index in [0.29, 0.717) is 0 Å². The molecule has 1 aliphatic heterocycles. The van der Waals surface area contributed by atoms with Gasteiger partial charge < -0.3 is 10.6 Å². The Hall–Kier alpha value is -0.220. The van der Waals surface area contributed by atoms with Gasteiger partial charge in [-0.3, -0.25) is 14.5 Å². The van der Waals surface area contributed by atoms with Crippen molar-refractivity contribution >= 4 is 70.1 Å². The second-order valence-electron chi connectivity index (χ2n) is 5.17. The summed E-state index contributed by atoms with van der Waals surface area (Å²) in [5, 5.41) is 4.96. The van der Waals surface area contributed by atoms with Gasteiger partial charge in [0.05, 0.1) is 12.5 Å². The van der Waals surface area contributed by atoms with E-state index in [1.807, 2.05) is 4.90 Å². The van der Waals surface area contributed by atoms with Crippen LogP contribution in [-0.4, -0.2) is 44.5 Å². The number of carbonyl (C=O) groups excluding carboxylic acids is 2. The summed E-state index contributed by atoms with van der Waals surface area (Å²) >= 11 is 17.4. The average molecular weight is 380 g/mol. The second-order valence-corrected chi connectivity index (χ2v) is 7.49. The number of rotatable bonds is 4. The first-order chi connectivity index (χ1) is 10.4. The Morgan fingerprint density at radius 3 is 1.95 bits per heavy atom. The van der Waals surface area contributed by atoms with Crippen molar-refractivity contribution in [3.05, 3.63) is 0 Å². The van der Waals surface area contributed by atoms with E-state index >= 15 is 0 Å². The van der Waals surface area contributed by atoms with E-state index in [1.54, 1.807) is 0 Å². The topological polar surface area (TPSA) is 61.4 Å². The molecule has 0 aliphatic carbocycles. The van der Waals surface area contributed by atoms with Gasteiger partial charge in [0.15, 0.2) is 0 Å². The summed E-state index contributed by atoms with van der Waals surface area (Å²) in [5.41, 5.74) is 0. The first kappa shape index (κ1) is 19.8. The molecule has 1 atom stereocenters. The summed E-state index contributed by atoms with van der Waals surface area (Å²) in [6, 6.07) is -0.578. The molecule has 0 spiro atoms. The molecule has 1 fully saturated rings. The second kappa shape index (κ2) is 10.5.